The molecule has 0 spiro atoms. The summed E-state index contributed by atoms with van der Waals surface area (Å²) in [6.45, 7) is 0. The molecule has 2 aromatic carbocycles. The molecule has 17 heavy (non-hydrogen) atoms. The number of hydrogen-bond acceptors (Lipinski definition) is 0. The first kappa shape index (κ1) is 13.2. The molecule has 0 N–H and O–H groups in total. The van der Waals surface area contributed by atoms with Crippen LogP contribution < -0.4 is 0 Å². The van der Waals surface area contributed by atoms with Crippen LogP contribution in [0.3, 0.4) is 0 Å². The van der Waals surface area contributed by atoms with Gasteiger partial charge in [-0.05, 0) is 35.4 Å². The normalized spacial score (nSPS) is 10.6. The highest BCUT2D eigenvalue weighted by Crippen LogP contribution is 2.35. The molecule has 0 saturated heterocycles. The van der Waals surface area contributed by atoms with Gasteiger partial charge in [-0.3, -0.25) is 0 Å². The molecule has 0 atom stereocenters. The molecular weight excluding hydrogens is 342 g/mol. The third kappa shape index (κ3) is 2.97. The largest absolute Gasteiger partial charge is 0.0876 e. The molecule has 0 aliphatic rings. The average molecular weight is 350 g/mol. The van der Waals surface area contributed by atoms with Crippen molar-refractivity contribution < 1.29 is 0 Å². The fraction of sp³-hybridized carbons (Fsp3) is 0.0769. The number of benzene rings is 2. The summed E-state index contributed by atoms with van der Waals surface area (Å²) in [5, 5.41) is 2.63. The molecule has 88 valence electrons. The maximum Gasteiger partial charge on any atom is 0.0487 e. The van der Waals surface area contributed by atoms with Gasteiger partial charge >= 0.3 is 0 Å². The summed E-state index contributed by atoms with van der Waals surface area (Å²) in [5.74, 6) is 0. The summed E-state index contributed by atoms with van der Waals surface area (Å²) >= 11 is 21.7. The zero-order chi connectivity index (χ0) is 12.4. The minimum atomic E-state index is 0.605. The highest BCUT2D eigenvalue weighted by atomic mass is 79.9. The van der Waals surface area contributed by atoms with E-state index in [-0.39, 0.29) is 0 Å². The molecule has 0 radical (unpaired) electrons. The molecular formula is C13H8BrCl3. The first-order valence-electron chi connectivity index (χ1n) is 4.91. The SMILES string of the molecule is Clc1cc(Cl)cc(-c2c(Cl)cccc2CBr)c1. The van der Waals surface area contributed by atoms with Crippen molar-refractivity contribution in [2.75, 3.05) is 0 Å². The Hall–Kier alpha value is -0.210. The topological polar surface area (TPSA) is 0 Å². The highest BCUT2D eigenvalue weighted by Gasteiger charge is 2.10. The van der Waals surface area contributed by atoms with Crippen LogP contribution in [0.4, 0.5) is 0 Å². The predicted octanol–water partition coefficient (Wildman–Crippen LogP) is 6.21. The zero-order valence-corrected chi connectivity index (χ0v) is 12.5. The summed E-state index contributed by atoms with van der Waals surface area (Å²) in [4.78, 5) is 0. The van der Waals surface area contributed by atoms with E-state index in [9.17, 15) is 0 Å². The molecule has 0 unspecified atom stereocenters. The Morgan fingerprint density at radius 1 is 0.941 bits per heavy atom. The Kier molecular flexibility index (Phi) is 4.37. The van der Waals surface area contributed by atoms with Crippen LogP contribution in [0.2, 0.25) is 15.1 Å². The molecule has 0 heterocycles. The Morgan fingerprint density at radius 2 is 1.59 bits per heavy atom. The maximum atomic E-state index is 6.24. The van der Waals surface area contributed by atoms with Crippen molar-refractivity contribution in [3.05, 3.63) is 57.0 Å². The average Bonchev–Trinajstić information content (AvgIpc) is 2.27. The summed E-state index contributed by atoms with van der Waals surface area (Å²) in [5.41, 5.74) is 3.01. The van der Waals surface area contributed by atoms with Crippen LogP contribution in [0.5, 0.6) is 0 Å². The predicted molar refractivity (Wildman–Crippen MR) is 79.5 cm³/mol. The lowest BCUT2D eigenvalue weighted by Crippen LogP contribution is -1.87. The second kappa shape index (κ2) is 5.62. The molecule has 0 aliphatic heterocycles. The van der Waals surface area contributed by atoms with Gasteiger partial charge in [0.15, 0.2) is 0 Å². The minimum Gasteiger partial charge on any atom is -0.0876 e. The smallest absolute Gasteiger partial charge is 0.0487 e. The van der Waals surface area contributed by atoms with Gasteiger partial charge in [-0.1, -0.05) is 62.9 Å². The molecule has 0 nitrogen and oxygen atoms in total. The van der Waals surface area contributed by atoms with Gasteiger partial charge in [-0.15, -0.1) is 0 Å². The summed E-state index contributed by atoms with van der Waals surface area (Å²) in [6, 6.07) is 11.2. The van der Waals surface area contributed by atoms with Gasteiger partial charge in [0.25, 0.3) is 0 Å². The van der Waals surface area contributed by atoms with Crippen LogP contribution in [-0.4, -0.2) is 0 Å². The van der Waals surface area contributed by atoms with E-state index in [1.807, 2.05) is 30.3 Å². The van der Waals surface area contributed by atoms with Gasteiger partial charge in [0.05, 0.1) is 0 Å². The lowest BCUT2D eigenvalue weighted by atomic mass is 10.0. The maximum absolute atomic E-state index is 6.24. The first-order chi connectivity index (χ1) is 8.11. The molecule has 2 rings (SSSR count). The number of hydrogen-bond donors (Lipinski definition) is 0. The Balaban J connectivity index is 2.67. The van der Waals surface area contributed by atoms with E-state index in [2.05, 4.69) is 15.9 Å². The van der Waals surface area contributed by atoms with Crippen LogP contribution in [0.25, 0.3) is 11.1 Å². The van der Waals surface area contributed by atoms with Crippen molar-refractivity contribution >= 4 is 50.7 Å². The van der Waals surface area contributed by atoms with Crippen molar-refractivity contribution in [2.45, 2.75) is 5.33 Å². The summed E-state index contributed by atoms with van der Waals surface area (Å²) < 4.78 is 0. The molecule has 0 saturated carbocycles. The van der Waals surface area contributed by atoms with E-state index in [1.165, 1.54) is 0 Å². The van der Waals surface area contributed by atoms with Crippen LogP contribution >= 0.6 is 50.7 Å². The molecule has 0 bridgehead atoms. The monoisotopic (exact) mass is 348 g/mol. The third-order valence-electron chi connectivity index (χ3n) is 2.40. The Labute approximate surface area is 124 Å². The van der Waals surface area contributed by atoms with Gasteiger partial charge in [0.1, 0.15) is 0 Å². The summed E-state index contributed by atoms with van der Waals surface area (Å²) in [7, 11) is 0. The second-order valence-electron chi connectivity index (χ2n) is 3.57. The minimum absolute atomic E-state index is 0.605. The van der Waals surface area contributed by atoms with Gasteiger partial charge < -0.3 is 0 Å². The molecule has 0 aromatic heterocycles. The fourth-order valence-electron chi connectivity index (χ4n) is 1.70. The van der Waals surface area contributed by atoms with Crippen LogP contribution in [0.15, 0.2) is 36.4 Å². The van der Waals surface area contributed by atoms with Crippen molar-refractivity contribution in [2.24, 2.45) is 0 Å². The van der Waals surface area contributed by atoms with Crippen molar-refractivity contribution in [3.8, 4) is 11.1 Å². The Bertz CT molecular complexity index is 532. The van der Waals surface area contributed by atoms with Gasteiger partial charge in [-0.25, -0.2) is 0 Å². The molecule has 4 heteroatoms. The van der Waals surface area contributed by atoms with Crippen LogP contribution in [0, 0.1) is 0 Å². The third-order valence-corrected chi connectivity index (χ3v) is 3.75. The lowest BCUT2D eigenvalue weighted by Gasteiger charge is -2.10. The lowest BCUT2D eigenvalue weighted by molar-refractivity contribution is 1.43. The molecule has 0 amide bonds. The fourth-order valence-corrected chi connectivity index (χ4v) is 3.00. The number of rotatable bonds is 2. The standard InChI is InChI=1S/C13H8BrCl3/c14-7-8-2-1-3-12(17)13(8)9-4-10(15)6-11(16)5-9/h1-6H,7H2. The van der Waals surface area contributed by atoms with Gasteiger partial charge in [-0.2, -0.15) is 0 Å². The van der Waals surface area contributed by atoms with Gasteiger partial charge in [0.2, 0.25) is 0 Å². The quantitative estimate of drug-likeness (QED) is 0.565. The molecule has 0 aliphatic carbocycles. The van der Waals surface area contributed by atoms with E-state index >= 15 is 0 Å². The number of alkyl halides is 1. The molecule has 0 fully saturated rings. The van der Waals surface area contributed by atoms with Crippen LogP contribution in [0.1, 0.15) is 5.56 Å². The Morgan fingerprint density at radius 3 is 2.18 bits per heavy atom. The van der Waals surface area contributed by atoms with Crippen molar-refractivity contribution in [1.29, 1.82) is 0 Å². The highest BCUT2D eigenvalue weighted by molar-refractivity contribution is 9.08. The zero-order valence-electron chi connectivity index (χ0n) is 8.68. The van der Waals surface area contributed by atoms with E-state index in [4.69, 9.17) is 34.8 Å². The second-order valence-corrected chi connectivity index (χ2v) is 5.41. The van der Waals surface area contributed by atoms with Crippen molar-refractivity contribution in [3.63, 3.8) is 0 Å². The number of halogens is 4. The molecule has 2 aromatic rings. The summed E-state index contributed by atoms with van der Waals surface area (Å²) in [6.07, 6.45) is 0. The van der Waals surface area contributed by atoms with E-state index in [1.54, 1.807) is 6.07 Å². The van der Waals surface area contributed by atoms with Gasteiger partial charge in [0, 0.05) is 26.0 Å². The van der Waals surface area contributed by atoms with E-state index < -0.39 is 0 Å². The van der Waals surface area contributed by atoms with E-state index in [0.29, 0.717) is 15.1 Å². The first-order valence-corrected chi connectivity index (χ1v) is 7.17. The van der Waals surface area contributed by atoms with E-state index in [0.717, 1.165) is 22.0 Å². The van der Waals surface area contributed by atoms with Crippen LogP contribution in [-0.2, 0) is 5.33 Å². The van der Waals surface area contributed by atoms with Crippen molar-refractivity contribution in [1.82, 2.24) is 0 Å².